The molecule has 0 aliphatic carbocycles. The summed E-state index contributed by atoms with van der Waals surface area (Å²) in [5.74, 6) is -0.536. The van der Waals surface area contributed by atoms with Crippen molar-refractivity contribution in [3.63, 3.8) is 0 Å². The molecule has 6 nitrogen and oxygen atoms in total. The zero-order chi connectivity index (χ0) is 12.3. The van der Waals surface area contributed by atoms with Crippen molar-refractivity contribution in [2.45, 2.75) is 12.8 Å². The normalized spacial score (nSPS) is 20.1. The predicted molar refractivity (Wildman–Crippen MR) is 59.2 cm³/mol. The second-order valence-corrected chi connectivity index (χ2v) is 4.10. The molecule has 1 aliphatic heterocycles. The lowest BCUT2D eigenvalue weighted by Crippen LogP contribution is -2.42. The number of esters is 1. The van der Waals surface area contributed by atoms with Gasteiger partial charge in [-0.3, -0.25) is 14.7 Å². The van der Waals surface area contributed by atoms with Gasteiger partial charge in [0.25, 0.3) is 5.91 Å². The van der Waals surface area contributed by atoms with Crippen molar-refractivity contribution in [2.24, 2.45) is 5.92 Å². The summed E-state index contributed by atoms with van der Waals surface area (Å²) in [5, 5.41) is 6.35. The van der Waals surface area contributed by atoms with Crippen LogP contribution >= 0.6 is 0 Å². The van der Waals surface area contributed by atoms with Crippen molar-refractivity contribution < 1.29 is 14.3 Å². The van der Waals surface area contributed by atoms with Gasteiger partial charge >= 0.3 is 5.97 Å². The molecule has 2 heterocycles. The first-order valence-corrected chi connectivity index (χ1v) is 5.58. The molecule has 17 heavy (non-hydrogen) atoms. The van der Waals surface area contributed by atoms with E-state index in [1.54, 1.807) is 11.1 Å². The summed E-state index contributed by atoms with van der Waals surface area (Å²) >= 11 is 0. The number of aromatic amines is 1. The Morgan fingerprint density at radius 3 is 3.06 bits per heavy atom. The number of ether oxygens (including phenoxy) is 1. The molecule has 0 spiro atoms. The number of carbonyl (C=O) groups excluding carboxylic acids is 2. The molecule has 1 fully saturated rings. The van der Waals surface area contributed by atoms with E-state index in [4.69, 9.17) is 4.74 Å². The fourth-order valence-electron chi connectivity index (χ4n) is 2.07. The topological polar surface area (TPSA) is 75.3 Å². The number of hydrogen-bond acceptors (Lipinski definition) is 4. The minimum absolute atomic E-state index is 0.0904. The van der Waals surface area contributed by atoms with E-state index in [2.05, 4.69) is 10.2 Å². The number of likely N-dealkylation sites (tertiary alicyclic amines) is 1. The Labute approximate surface area is 98.9 Å². The maximum absolute atomic E-state index is 12.0. The Balaban J connectivity index is 2.02. The molecule has 0 aromatic carbocycles. The first kappa shape index (κ1) is 11.6. The van der Waals surface area contributed by atoms with Gasteiger partial charge < -0.3 is 9.64 Å². The van der Waals surface area contributed by atoms with Crippen LogP contribution in [0, 0.1) is 5.92 Å². The average Bonchev–Trinajstić information content (AvgIpc) is 2.91. The Kier molecular flexibility index (Phi) is 3.41. The summed E-state index contributed by atoms with van der Waals surface area (Å²) < 4.78 is 4.71. The van der Waals surface area contributed by atoms with Gasteiger partial charge in [0, 0.05) is 19.3 Å². The number of nitrogens with zero attached hydrogens (tertiary/aromatic N) is 2. The molecular weight excluding hydrogens is 222 g/mol. The number of aromatic nitrogens is 2. The molecule has 1 aromatic rings. The Hall–Kier alpha value is -1.85. The molecule has 6 heteroatoms. The van der Waals surface area contributed by atoms with Gasteiger partial charge in [0.15, 0.2) is 0 Å². The van der Waals surface area contributed by atoms with Gasteiger partial charge in [0.05, 0.1) is 24.8 Å². The third-order valence-electron chi connectivity index (χ3n) is 2.99. The van der Waals surface area contributed by atoms with E-state index in [1.165, 1.54) is 13.3 Å². The quantitative estimate of drug-likeness (QED) is 0.757. The Bertz CT molecular complexity index is 402. The van der Waals surface area contributed by atoms with Crippen molar-refractivity contribution >= 4 is 11.9 Å². The molecule has 1 aromatic heterocycles. The van der Waals surface area contributed by atoms with Gasteiger partial charge in [-0.15, -0.1) is 0 Å². The van der Waals surface area contributed by atoms with Crippen LogP contribution in [0.2, 0.25) is 0 Å². The van der Waals surface area contributed by atoms with Gasteiger partial charge in [-0.25, -0.2) is 0 Å². The standard InChI is InChI=1S/C11H15N3O3/c1-17-11(16)8-3-2-4-14(7-8)10(15)9-5-12-13-6-9/h5-6,8H,2-4,7H2,1H3,(H,12,13)/t8-/m0/s1. The highest BCUT2D eigenvalue weighted by Gasteiger charge is 2.29. The largest absolute Gasteiger partial charge is 0.469 e. The highest BCUT2D eigenvalue weighted by Crippen LogP contribution is 2.19. The molecule has 92 valence electrons. The van der Waals surface area contributed by atoms with Crippen molar-refractivity contribution in [2.75, 3.05) is 20.2 Å². The van der Waals surface area contributed by atoms with Crippen molar-refractivity contribution in [1.82, 2.24) is 15.1 Å². The van der Waals surface area contributed by atoms with Crippen LogP contribution in [0.25, 0.3) is 0 Å². The first-order chi connectivity index (χ1) is 8.22. The van der Waals surface area contributed by atoms with Crippen LogP contribution in [-0.2, 0) is 9.53 Å². The van der Waals surface area contributed by atoms with E-state index in [9.17, 15) is 9.59 Å². The van der Waals surface area contributed by atoms with Crippen LogP contribution in [0.15, 0.2) is 12.4 Å². The molecule has 1 N–H and O–H groups in total. The molecule has 2 rings (SSSR count). The predicted octanol–water partition coefficient (Wildman–Crippen LogP) is 0.435. The highest BCUT2D eigenvalue weighted by atomic mass is 16.5. The van der Waals surface area contributed by atoms with E-state index in [1.807, 2.05) is 0 Å². The van der Waals surface area contributed by atoms with E-state index in [-0.39, 0.29) is 17.8 Å². The lowest BCUT2D eigenvalue weighted by atomic mass is 9.98. The SMILES string of the molecule is COC(=O)[C@H]1CCCN(C(=O)c2cn[nH]c2)C1. The molecule has 0 unspecified atom stereocenters. The molecule has 0 radical (unpaired) electrons. The second-order valence-electron chi connectivity index (χ2n) is 4.10. The van der Waals surface area contributed by atoms with Crippen molar-refractivity contribution in [3.8, 4) is 0 Å². The number of methoxy groups -OCH3 is 1. The number of amides is 1. The number of nitrogens with one attached hydrogen (secondary N) is 1. The number of hydrogen-bond donors (Lipinski definition) is 1. The van der Waals surface area contributed by atoms with Gasteiger partial charge in [-0.2, -0.15) is 5.10 Å². The average molecular weight is 237 g/mol. The Morgan fingerprint density at radius 1 is 1.59 bits per heavy atom. The lowest BCUT2D eigenvalue weighted by Gasteiger charge is -2.31. The fourth-order valence-corrected chi connectivity index (χ4v) is 2.07. The lowest BCUT2D eigenvalue weighted by molar-refractivity contribution is -0.146. The maximum atomic E-state index is 12.0. The zero-order valence-electron chi connectivity index (χ0n) is 9.68. The highest BCUT2D eigenvalue weighted by molar-refractivity contribution is 5.94. The van der Waals surface area contributed by atoms with Crippen LogP contribution in [0.3, 0.4) is 0 Å². The van der Waals surface area contributed by atoms with E-state index >= 15 is 0 Å². The minimum atomic E-state index is -0.241. The van der Waals surface area contributed by atoms with Crippen LogP contribution < -0.4 is 0 Å². The number of rotatable bonds is 2. The minimum Gasteiger partial charge on any atom is -0.469 e. The van der Waals surface area contributed by atoms with E-state index in [0.717, 1.165) is 12.8 Å². The molecule has 0 bridgehead atoms. The van der Waals surface area contributed by atoms with Crippen molar-refractivity contribution in [1.29, 1.82) is 0 Å². The van der Waals surface area contributed by atoms with Crippen LogP contribution in [0.1, 0.15) is 23.2 Å². The monoisotopic (exact) mass is 237 g/mol. The molecule has 1 saturated heterocycles. The second kappa shape index (κ2) is 4.99. The van der Waals surface area contributed by atoms with Gasteiger partial charge in [0.1, 0.15) is 0 Å². The maximum Gasteiger partial charge on any atom is 0.310 e. The summed E-state index contributed by atoms with van der Waals surface area (Å²) in [4.78, 5) is 25.2. The molecule has 0 saturated carbocycles. The summed E-state index contributed by atoms with van der Waals surface area (Å²) in [7, 11) is 1.37. The number of piperidine rings is 1. The van der Waals surface area contributed by atoms with Crippen LogP contribution in [0.4, 0.5) is 0 Å². The molecule has 1 atom stereocenters. The third-order valence-corrected chi connectivity index (χ3v) is 2.99. The summed E-state index contributed by atoms with van der Waals surface area (Å²) in [6.45, 7) is 1.11. The van der Waals surface area contributed by atoms with Crippen LogP contribution in [-0.4, -0.2) is 47.2 Å². The summed E-state index contributed by atoms with van der Waals surface area (Å²) in [6, 6.07) is 0. The van der Waals surface area contributed by atoms with Gasteiger partial charge in [-0.1, -0.05) is 0 Å². The number of H-pyrrole nitrogens is 1. The Morgan fingerprint density at radius 2 is 2.41 bits per heavy atom. The molecular formula is C11H15N3O3. The first-order valence-electron chi connectivity index (χ1n) is 5.58. The molecule has 1 aliphatic rings. The fraction of sp³-hybridized carbons (Fsp3) is 0.545. The molecule has 1 amide bonds. The van der Waals surface area contributed by atoms with Gasteiger partial charge in [-0.05, 0) is 12.8 Å². The zero-order valence-corrected chi connectivity index (χ0v) is 9.68. The van der Waals surface area contributed by atoms with E-state index < -0.39 is 0 Å². The summed E-state index contributed by atoms with van der Waals surface area (Å²) in [5.41, 5.74) is 0.524. The number of carbonyl (C=O) groups is 2. The van der Waals surface area contributed by atoms with E-state index in [0.29, 0.717) is 18.7 Å². The smallest absolute Gasteiger partial charge is 0.310 e. The van der Waals surface area contributed by atoms with Crippen LogP contribution in [0.5, 0.6) is 0 Å². The van der Waals surface area contributed by atoms with Crippen molar-refractivity contribution in [3.05, 3.63) is 18.0 Å². The third kappa shape index (κ3) is 2.46. The van der Waals surface area contributed by atoms with Gasteiger partial charge in [0.2, 0.25) is 0 Å². The summed E-state index contributed by atoms with van der Waals surface area (Å²) in [6.07, 6.45) is 4.65.